The lowest BCUT2D eigenvalue weighted by molar-refractivity contribution is -0.110. The van der Waals surface area contributed by atoms with Gasteiger partial charge in [-0.1, -0.05) is 6.07 Å². The predicted octanol–water partition coefficient (Wildman–Crippen LogP) is 4.40. The summed E-state index contributed by atoms with van der Waals surface area (Å²) in [6, 6.07) is 12.7. The maximum absolute atomic E-state index is 13.8. The highest BCUT2D eigenvalue weighted by atomic mass is 19.1. The normalized spacial score (nSPS) is 14.4. The van der Waals surface area contributed by atoms with Gasteiger partial charge in [-0.3, -0.25) is 4.79 Å². The Morgan fingerprint density at radius 2 is 1.96 bits per heavy atom. The summed E-state index contributed by atoms with van der Waals surface area (Å²) in [5.74, 6) is -1.37. The Morgan fingerprint density at radius 1 is 1.08 bits per heavy atom. The van der Waals surface area contributed by atoms with Gasteiger partial charge in [0, 0.05) is 47.0 Å². The van der Waals surface area contributed by atoms with E-state index in [2.05, 4.69) is 15.6 Å². The van der Waals surface area contributed by atoms with Crippen molar-refractivity contribution in [2.24, 2.45) is 0 Å². The summed E-state index contributed by atoms with van der Waals surface area (Å²) in [6.45, 7) is 0.210. The van der Waals surface area contributed by atoms with Gasteiger partial charge in [-0.05, 0) is 42.5 Å². The minimum atomic E-state index is -0.604. The van der Waals surface area contributed by atoms with Crippen molar-refractivity contribution in [3.05, 3.63) is 83.2 Å². The average molecular weight is 351 g/mol. The highest BCUT2D eigenvalue weighted by molar-refractivity contribution is 6.35. The van der Waals surface area contributed by atoms with Crippen LogP contribution in [0.3, 0.4) is 0 Å². The number of amides is 1. The van der Waals surface area contributed by atoms with Crippen LogP contribution in [0.1, 0.15) is 16.8 Å². The predicted molar refractivity (Wildman–Crippen MR) is 97.4 cm³/mol. The fourth-order valence-corrected chi connectivity index (χ4v) is 2.89. The van der Waals surface area contributed by atoms with Gasteiger partial charge < -0.3 is 15.6 Å². The molecule has 1 aromatic heterocycles. The lowest BCUT2D eigenvalue weighted by Gasteiger charge is -2.09. The molecule has 0 radical (unpaired) electrons. The molecule has 0 bridgehead atoms. The largest absolute Gasteiger partial charge is 0.381 e. The van der Waals surface area contributed by atoms with E-state index in [9.17, 15) is 13.6 Å². The van der Waals surface area contributed by atoms with E-state index in [0.717, 1.165) is 28.7 Å². The first-order chi connectivity index (χ1) is 12.6. The van der Waals surface area contributed by atoms with E-state index in [1.165, 1.54) is 12.1 Å². The zero-order chi connectivity index (χ0) is 18.1. The highest BCUT2D eigenvalue weighted by Gasteiger charge is 2.24. The monoisotopic (exact) mass is 351 g/mol. The van der Waals surface area contributed by atoms with Crippen molar-refractivity contribution in [2.75, 3.05) is 10.6 Å². The quantitative estimate of drug-likeness (QED) is 0.610. The number of aromatic nitrogens is 1. The Hall–Kier alpha value is -3.41. The molecule has 4 nitrogen and oxygen atoms in total. The van der Waals surface area contributed by atoms with Crippen LogP contribution in [0.15, 0.2) is 54.7 Å². The molecule has 0 spiro atoms. The molecule has 4 rings (SSSR count). The number of nitrogens with one attached hydrogen (secondary N) is 3. The molecule has 1 amide bonds. The fraction of sp³-hybridized carbons (Fsp3) is 0.0500. The van der Waals surface area contributed by atoms with Gasteiger partial charge in [-0.15, -0.1) is 0 Å². The van der Waals surface area contributed by atoms with Crippen molar-refractivity contribution >= 4 is 28.9 Å². The molecular formula is C20H15F2N3O. The number of carbonyl (C=O) groups excluding carboxylic acids is 1. The lowest BCUT2D eigenvalue weighted by Crippen LogP contribution is -2.03. The summed E-state index contributed by atoms with van der Waals surface area (Å²) in [6.07, 6.45) is 3.57. The van der Waals surface area contributed by atoms with Gasteiger partial charge in [0.25, 0.3) is 5.91 Å². The Labute approximate surface area is 148 Å². The van der Waals surface area contributed by atoms with Gasteiger partial charge in [-0.25, -0.2) is 8.78 Å². The summed E-state index contributed by atoms with van der Waals surface area (Å²) in [7, 11) is 0. The first kappa shape index (κ1) is 16.1. The van der Waals surface area contributed by atoms with Crippen molar-refractivity contribution in [3.63, 3.8) is 0 Å². The number of H-pyrrole nitrogens is 1. The molecule has 3 N–H and O–H groups in total. The second-order valence-electron chi connectivity index (χ2n) is 5.99. The highest BCUT2D eigenvalue weighted by Crippen LogP contribution is 2.35. The van der Waals surface area contributed by atoms with Crippen molar-refractivity contribution in [1.82, 2.24) is 4.98 Å². The molecule has 0 atom stereocenters. The number of benzene rings is 2. The second-order valence-corrected chi connectivity index (χ2v) is 5.99. The second kappa shape index (κ2) is 6.48. The minimum absolute atomic E-state index is 0.170. The summed E-state index contributed by atoms with van der Waals surface area (Å²) in [5, 5.41) is 5.93. The smallest absolute Gasteiger partial charge is 0.256 e. The molecule has 0 aliphatic carbocycles. The molecular weight excluding hydrogens is 336 g/mol. The van der Waals surface area contributed by atoms with Crippen molar-refractivity contribution in [2.45, 2.75) is 6.54 Å². The van der Waals surface area contributed by atoms with E-state index in [0.29, 0.717) is 11.1 Å². The van der Waals surface area contributed by atoms with Gasteiger partial charge >= 0.3 is 0 Å². The number of fused-ring (bicyclic) bond motifs is 1. The molecule has 0 unspecified atom stereocenters. The van der Waals surface area contributed by atoms with Gasteiger partial charge in [0.2, 0.25) is 0 Å². The third-order valence-corrected chi connectivity index (χ3v) is 4.22. The van der Waals surface area contributed by atoms with Crippen LogP contribution in [-0.4, -0.2) is 10.9 Å². The summed E-state index contributed by atoms with van der Waals surface area (Å²) in [4.78, 5) is 15.3. The van der Waals surface area contributed by atoms with Gasteiger partial charge in [-0.2, -0.15) is 0 Å². The molecule has 0 fully saturated rings. The van der Waals surface area contributed by atoms with E-state index in [1.54, 1.807) is 24.4 Å². The maximum Gasteiger partial charge on any atom is 0.256 e. The standard InChI is InChI=1S/C20H15F2N3O/c21-13-4-3-12(18(22)8-13)11-24-15-5-6-19-16(9-15)17(20(26)25-19)10-14-2-1-7-23-14/h1-10,23-24H,11H2,(H,25,26)/b17-10-. The molecule has 2 heterocycles. The van der Waals surface area contributed by atoms with E-state index in [1.807, 2.05) is 18.2 Å². The molecule has 26 heavy (non-hydrogen) atoms. The molecule has 3 aromatic rings. The zero-order valence-corrected chi connectivity index (χ0v) is 13.6. The van der Waals surface area contributed by atoms with Crippen LogP contribution >= 0.6 is 0 Å². The number of hydrogen-bond donors (Lipinski definition) is 3. The molecule has 1 aliphatic rings. The number of halogens is 2. The third kappa shape index (κ3) is 3.09. The Morgan fingerprint density at radius 3 is 2.73 bits per heavy atom. The van der Waals surface area contributed by atoms with Crippen LogP contribution in [0.25, 0.3) is 11.6 Å². The first-order valence-corrected chi connectivity index (χ1v) is 8.09. The van der Waals surface area contributed by atoms with Crippen molar-refractivity contribution in [3.8, 4) is 0 Å². The van der Waals surface area contributed by atoms with Crippen LogP contribution in [0.2, 0.25) is 0 Å². The molecule has 0 saturated heterocycles. The molecule has 1 aliphatic heterocycles. The van der Waals surface area contributed by atoms with E-state index in [4.69, 9.17) is 0 Å². The topological polar surface area (TPSA) is 56.9 Å². The average Bonchev–Trinajstić information content (AvgIpc) is 3.23. The fourth-order valence-electron chi connectivity index (χ4n) is 2.89. The molecule has 2 aromatic carbocycles. The van der Waals surface area contributed by atoms with Gasteiger partial charge in [0.05, 0.1) is 5.57 Å². The zero-order valence-electron chi connectivity index (χ0n) is 13.6. The van der Waals surface area contributed by atoms with Gasteiger partial charge in [0.1, 0.15) is 11.6 Å². The van der Waals surface area contributed by atoms with Gasteiger partial charge in [0.15, 0.2) is 0 Å². The minimum Gasteiger partial charge on any atom is -0.381 e. The number of carbonyl (C=O) groups is 1. The Kier molecular flexibility index (Phi) is 4.01. The van der Waals surface area contributed by atoms with Crippen molar-refractivity contribution < 1.29 is 13.6 Å². The van der Waals surface area contributed by atoms with Crippen LogP contribution < -0.4 is 10.6 Å². The summed E-state index contributed by atoms with van der Waals surface area (Å²) >= 11 is 0. The third-order valence-electron chi connectivity index (χ3n) is 4.22. The Bertz CT molecular complexity index is 1010. The lowest BCUT2D eigenvalue weighted by atomic mass is 10.0. The molecule has 6 heteroatoms. The first-order valence-electron chi connectivity index (χ1n) is 8.09. The number of rotatable bonds is 4. The van der Waals surface area contributed by atoms with E-state index < -0.39 is 11.6 Å². The van der Waals surface area contributed by atoms with E-state index >= 15 is 0 Å². The molecule has 130 valence electrons. The number of hydrogen-bond acceptors (Lipinski definition) is 2. The summed E-state index contributed by atoms with van der Waals surface area (Å²) < 4.78 is 26.7. The SMILES string of the molecule is O=C1Nc2ccc(NCc3ccc(F)cc3F)cc2/C1=C/c1ccc[nH]1. The van der Waals surface area contributed by atoms with E-state index in [-0.39, 0.29) is 12.5 Å². The van der Waals surface area contributed by atoms with Crippen LogP contribution in [0.5, 0.6) is 0 Å². The summed E-state index contributed by atoms with van der Waals surface area (Å²) in [5.41, 5.74) is 3.99. The number of aromatic amines is 1. The number of anilines is 2. The van der Waals surface area contributed by atoms with Crippen LogP contribution in [0.4, 0.5) is 20.2 Å². The van der Waals surface area contributed by atoms with Crippen molar-refractivity contribution in [1.29, 1.82) is 0 Å². The van der Waals surface area contributed by atoms with Crippen LogP contribution in [-0.2, 0) is 11.3 Å². The molecule has 0 saturated carbocycles. The maximum atomic E-state index is 13.8. The van der Waals surface area contributed by atoms with Crippen LogP contribution in [0, 0.1) is 11.6 Å². The Balaban J connectivity index is 1.59.